The van der Waals surface area contributed by atoms with Crippen molar-refractivity contribution >= 4 is 54.8 Å². The zero-order valence-corrected chi connectivity index (χ0v) is 15.6. The Labute approximate surface area is 162 Å². The summed E-state index contributed by atoms with van der Waals surface area (Å²) in [4.78, 5) is 26.6. The van der Waals surface area contributed by atoms with Crippen molar-refractivity contribution in [3.05, 3.63) is 71.9 Å². The first-order valence-electron chi connectivity index (χ1n) is 8.23. The number of thiazole rings is 2. The minimum atomic E-state index is -0.137. The van der Waals surface area contributed by atoms with E-state index in [1.54, 1.807) is 29.1 Å². The fraction of sp³-hybridized carbons (Fsp3) is 0. The minimum Gasteiger partial charge on any atom is -0.322 e. The summed E-state index contributed by atoms with van der Waals surface area (Å²) in [6, 6.07) is 17.1. The molecule has 0 saturated carbocycles. The Balaban J connectivity index is 1.37. The van der Waals surface area contributed by atoms with Gasteiger partial charge in [0.05, 0.1) is 15.7 Å². The molecule has 3 aromatic heterocycles. The Morgan fingerprint density at radius 3 is 2.70 bits per heavy atom. The molecule has 1 N–H and O–H groups in total. The molecule has 0 aliphatic carbocycles. The molecule has 0 radical (unpaired) electrons. The summed E-state index contributed by atoms with van der Waals surface area (Å²) in [6.45, 7) is 0. The van der Waals surface area contributed by atoms with Crippen LogP contribution < -0.4 is 5.32 Å². The largest absolute Gasteiger partial charge is 0.322 e. The van der Waals surface area contributed by atoms with Gasteiger partial charge in [-0.05, 0) is 54.6 Å². The molecule has 130 valence electrons. The molecule has 2 aromatic carbocycles. The molecule has 3 heterocycles. The third-order valence-electron chi connectivity index (χ3n) is 4.15. The van der Waals surface area contributed by atoms with E-state index >= 15 is 0 Å². The second-order valence-corrected chi connectivity index (χ2v) is 7.78. The number of nitrogens with one attached hydrogen (secondary N) is 1. The fourth-order valence-corrected chi connectivity index (χ4v) is 4.42. The van der Waals surface area contributed by atoms with E-state index in [9.17, 15) is 4.79 Å². The lowest BCUT2D eigenvalue weighted by molar-refractivity contribution is 0.102. The van der Waals surface area contributed by atoms with Crippen molar-refractivity contribution in [3.63, 3.8) is 0 Å². The summed E-state index contributed by atoms with van der Waals surface area (Å²) in [6.07, 6.45) is 1.77. The van der Waals surface area contributed by atoms with E-state index in [0.717, 1.165) is 36.8 Å². The van der Waals surface area contributed by atoms with E-state index in [4.69, 9.17) is 0 Å². The van der Waals surface area contributed by atoms with Crippen LogP contribution in [-0.2, 0) is 0 Å². The molecule has 5 aromatic rings. The number of hydrogen-bond acceptors (Lipinski definition) is 6. The van der Waals surface area contributed by atoms with Gasteiger partial charge in [-0.3, -0.25) is 4.79 Å². The van der Waals surface area contributed by atoms with E-state index in [0.29, 0.717) is 5.56 Å². The number of carbonyl (C=O) groups excluding carboxylic acids is 1. The van der Waals surface area contributed by atoms with Crippen LogP contribution in [0.2, 0.25) is 0 Å². The van der Waals surface area contributed by atoms with Gasteiger partial charge < -0.3 is 5.32 Å². The van der Waals surface area contributed by atoms with Crippen molar-refractivity contribution in [2.75, 3.05) is 5.32 Å². The normalized spacial score (nSPS) is 11.1. The average Bonchev–Trinajstić information content (AvgIpc) is 3.34. The smallest absolute Gasteiger partial charge is 0.255 e. The maximum Gasteiger partial charge on any atom is 0.255 e. The average molecular weight is 388 g/mol. The number of amides is 1. The number of nitrogens with zero attached hydrogens (tertiary/aromatic N) is 3. The van der Waals surface area contributed by atoms with Crippen molar-refractivity contribution in [1.29, 1.82) is 0 Å². The topological polar surface area (TPSA) is 67.8 Å². The zero-order chi connectivity index (χ0) is 18.2. The number of aromatic nitrogens is 3. The highest BCUT2D eigenvalue weighted by Crippen LogP contribution is 2.29. The van der Waals surface area contributed by atoms with E-state index in [-0.39, 0.29) is 5.91 Å². The number of anilines is 1. The standard InChI is InChI=1S/C20H12N4OS2/c25-18(13-5-8-15-17(10-13)26-11-22-15)23-14-6-3-12(4-7-14)19-24-16-2-1-9-21-20(16)27-19/h1-11H,(H,23,25). The summed E-state index contributed by atoms with van der Waals surface area (Å²) in [5.41, 5.74) is 5.95. The molecule has 0 aliphatic rings. The highest BCUT2D eigenvalue weighted by atomic mass is 32.1. The number of rotatable bonds is 3. The molecule has 5 rings (SSSR count). The van der Waals surface area contributed by atoms with Gasteiger partial charge in [-0.15, -0.1) is 11.3 Å². The maximum atomic E-state index is 12.5. The van der Waals surface area contributed by atoms with Gasteiger partial charge in [0.2, 0.25) is 0 Å². The van der Waals surface area contributed by atoms with Crippen LogP contribution in [0.3, 0.4) is 0 Å². The summed E-state index contributed by atoms with van der Waals surface area (Å²) < 4.78 is 1.00. The maximum absolute atomic E-state index is 12.5. The summed E-state index contributed by atoms with van der Waals surface area (Å²) >= 11 is 3.08. The predicted octanol–water partition coefficient (Wildman–Crippen LogP) is 5.22. The van der Waals surface area contributed by atoms with Crippen LogP contribution in [0.4, 0.5) is 5.69 Å². The van der Waals surface area contributed by atoms with E-state index in [1.807, 2.05) is 48.5 Å². The quantitative estimate of drug-likeness (QED) is 0.460. The highest BCUT2D eigenvalue weighted by molar-refractivity contribution is 7.21. The van der Waals surface area contributed by atoms with Crippen LogP contribution in [0.25, 0.3) is 31.1 Å². The minimum absolute atomic E-state index is 0.137. The third-order valence-corrected chi connectivity index (χ3v) is 5.97. The lowest BCUT2D eigenvalue weighted by Gasteiger charge is -2.06. The van der Waals surface area contributed by atoms with Crippen LogP contribution in [-0.4, -0.2) is 20.9 Å². The van der Waals surface area contributed by atoms with Gasteiger partial charge in [-0.25, -0.2) is 15.0 Å². The van der Waals surface area contributed by atoms with Gasteiger partial charge in [0, 0.05) is 23.0 Å². The molecule has 0 bridgehead atoms. The first kappa shape index (κ1) is 16.0. The van der Waals surface area contributed by atoms with Crippen molar-refractivity contribution in [2.24, 2.45) is 0 Å². The monoisotopic (exact) mass is 388 g/mol. The van der Waals surface area contributed by atoms with E-state index in [2.05, 4.69) is 20.3 Å². The molecule has 0 atom stereocenters. The molecule has 7 heteroatoms. The molecular formula is C20H12N4OS2. The Morgan fingerprint density at radius 1 is 0.963 bits per heavy atom. The number of hydrogen-bond donors (Lipinski definition) is 1. The van der Waals surface area contributed by atoms with Crippen LogP contribution in [0.15, 0.2) is 66.3 Å². The van der Waals surface area contributed by atoms with Crippen molar-refractivity contribution in [3.8, 4) is 10.6 Å². The molecule has 0 unspecified atom stereocenters. The highest BCUT2D eigenvalue weighted by Gasteiger charge is 2.10. The molecule has 0 fully saturated rings. The fourth-order valence-electron chi connectivity index (χ4n) is 2.79. The Hall–Kier alpha value is -3.16. The van der Waals surface area contributed by atoms with Gasteiger partial charge in [0.15, 0.2) is 0 Å². The first-order valence-corrected chi connectivity index (χ1v) is 9.92. The number of benzene rings is 2. The number of carbonyl (C=O) groups is 1. The van der Waals surface area contributed by atoms with Gasteiger partial charge in [0.1, 0.15) is 15.4 Å². The SMILES string of the molecule is O=C(Nc1ccc(-c2nc3cccnc3s2)cc1)c1ccc2ncsc2c1. The zero-order valence-electron chi connectivity index (χ0n) is 13.9. The lowest BCUT2D eigenvalue weighted by atomic mass is 10.2. The Bertz CT molecular complexity index is 1240. The molecule has 27 heavy (non-hydrogen) atoms. The molecule has 0 spiro atoms. The Morgan fingerprint density at radius 2 is 1.85 bits per heavy atom. The van der Waals surface area contributed by atoms with Crippen LogP contribution in [0.1, 0.15) is 10.4 Å². The van der Waals surface area contributed by atoms with Crippen LogP contribution >= 0.6 is 22.7 Å². The molecule has 1 amide bonds. The number of pyridine rings is 1. The van der Waals surface area contributed by atoms with Crippen molar-refractivity contribution in [1.82, 2.24) is 15.0 Å². The molecular weight excluding hydrogens is 376 g/mol. The Kier molecular flexibility index (Phi) is 3.88. The number of fused-ring (bicyclic) bond motifs is 2. The summed E-state index contributed by atoms with van der Waals surface area (Å²) in [7, 11) is 0. The van der Waals surface area contributed by atoms with Gasteiger partial charge in [-0.2, -0.15) is 0 Å². The van der Waals surface area contributed by atoms with E-state index in [1.165, 1.54) is 11.3 Å². The van der Waals surface area contributed by atoms with Crippen molar-refractivity contribution in [2.45, 2.75) is 0 Å². The van der Waals surface area contributed by atoms with E-state index < -0.39 is 0 Å². The third kappa shape index (κ3) is 3.07. The molecule has 0 saturated heterocycles. The summed E-state index contributed by atoms with van der Waals surface area (Å²) in [5.74, 6) is -0.137. The predicted molar refractivity (Wildman–Crippen MR) is 110 cm³/mol. The molecule has 0 aliphatic heterocycles. The van der Waals surface area contributed by atoms with Gasteiger partial charge in [0.25, 0.3) is 5.91 Å². The first-order chi connectivity index (χ1) is 13.3. The summed E-state index contributed by atoms with van der Waals surface area (Å²) in [5, 5.41) is 3.85. The van der Waals surface area contributed by atoms with Gasteiger partial charge in [-0.1, -0.05) is 11.3 Å². The van der Waals surface area contributed by atoms with Gasteiger partial charge >= 0.3 is 0 Å². The van der Waals surface area contributed by atoms with Crippen LogP contribution in [0, 0.1) is 0 Å². The lowest BCUT2D eigenvalue weighted by Crippen LogP contribution is -2.11. The van der Waals surface area contributed by atoms with Crippen molar-refractivity contribution < 1.29 is 4.79 Å². The second kappa shape index (κ2) is 6.53. The second-order valence-electron chi connectivity index (χ2n) is 5.91. The van der Waals surface area contributed by atoms with Crippen LogP contribution in [0.5, 0.6) is 0 Å². The molecule has 5 nitrogen and oxygen atoms in total.